The normalized spacial score (nSPS) is 15.6. The number of aromatic nitrogens is 1. The molecule has 1 aliphatic heterocycles. The highest BCUT2D eigenvalue weighted by atomic mass is 32.1. The molecule has 5 aromatic rings. The second-order valence-corrected chi connectivity index (χ2v) is 11.8. The van der Waals surface area contributed by atoms with Gasteiger partial charge in [-0.15, -0.1) is 0 Å². The average molecular weight is 601 g/mol. The Hall–Kier alpha value is -4.88. The molecule has 0 radical (unpaired) electrons. The number of rotatable bonds is 8. The van der Waals surface area contributed by atoms with Crippen LogP contribution in [0, 0.1) is 0 Å². The lowest BCUT2D eigenvalue weighted by molar-refractivity contribution is 0.269. The van der Waals surface area contributed by atoms with Crippen molar-refractivity contribution in [3.05, 3.63) is 150 Å². The van der Waals surface area contributed by atoms with Crippen molar-refractivity contribution in [3.63, 3.8) is 0 Å². The number of hydrogen-bond donors (Lipinski definition) is 0. The first-order valence-electron chi connectivity index (χ1n) is 14.8. The van der Waals surface area contributed by atoms with Crippen LogP contribution in [0.5, 0.6) is 17.2 Å². The number of hydrogen-bond acceptors (Lipinski definition) is 6. The fourth-order valence-corrected chi connectivity index (χ4v) is 7.00. The van der Waals surface area contributed by atoms with Crippen LogP contribution in [0.25, 0.3) is 11.8 Å². The van der Waals surface area contributed by atoms with Crippen molar-refractivity contribution in [1.82, 2.24) is 4.57 Å². The summed E-state index contributed by atoms with van der Waals surface area (Å²) in [5.41, 5.74) is 7.53. The van der Waals surface area contributed by atoms with E-state index in [0.717, 1.165) is 46.5 Å². The minimum Gasteiger partial charge on any atom is -0.497 e. The molecular weight excluding hydrogens is 568 g/mol. The summed E-state index contributed by atoms with van der Waals surface area (Å²) < 4.78 is 20.0. The van der Waals surface area contributed by atoms with Gasteiger partial charge in [0.25, 0.3) is 5.56 Å². The SMILES string of the molecule is CCOc1cc(/C=c2/sc3n(c2=O)[C@H](c2ccc(OC)cc2)C2=C(N=3)c3ccccc3CC2)ccc1OCc1ccccc1. The third-order valence-electron chi connectivity index (χ3n) is 8.11. The van der Waals surface area contributed by atoms with Crippen molar-refractivity contribution in [1.29, 1.82) is 0 Å². The van der Waals surface area contributed by atoms with E-state index in [4.69, 9.17) is 19.2 Å². The molecule has 0 N–H and O–H groups in total. The number of benzene rings is 4. The summed E-state index contributed by atoms with van der Waals surface area (Å²) in [6.07, 6.45) is 3.69. The highest BCUT2D eigenvalue weighted by Crippen LogP contribution is 2.41. The molecule has 44 heavy (non-hydrogen) atoms. The highest BCUT2D eigenvalue weighted by Gasteiger charge is 2.32. The maximum Gasteiger partial charge on any atom is 0.271 e. The van der Waals surface area contributed by atoms with Crippen LogP contribution in [0.4, 0.5) is 0 Å². The van der Waals surface area contributed by atoms with Crippen LogP contribution >= 0.6 is 11.3 Å². The van der Waals surface area contributed by atoms with Gasteiger partial charge in [-0.25, -0.2) is 4.99 Å². The number of allylic oxidation sites excluding steroid dienone is 1. The van der Waals surface area contributed by atoms with Crippen LogP contribution in [0.3, 0.4) is 0 Å². The third-order valence-corrected chi connectivity index (χ3v) is 9.09. The zero-order valence-corrected chi connectivity index (χ0v) is 25.5. The molecule has 7 rings (SSSR count). The van der Waals surface area contributed by atoms with Crippen LogP contribution in [-0.4, -0.2) is 18.3 Å². The number of nitrogens with zero attached hydrogens (tertiary/aromatic N) is 2. The molecule has 220 valence electrons. The summed E-state index contributed by atoms with van der Waals surface area (Å²) in [7, 11) is 1.66. The van der Waals surface area contributed by atoms with Gasteiger partial charge in [0.2, 0.25) is 0 Å². The molecule has 1 aromatic heterocycles. The minimum atomic E-state index is -0.240. The predicted molar refractivity (Wildman–Crippen MR) is 174 cm³/mol. The molecule has 4 aromatic carbocycles. The van der Waals surface area contributed by atoms with E-state index in [9.17, 15) is 4.79 Å². The summed E-state index contributed by atoms with van der Waals surface area (Å²) in [5.74, 6) is 2.10. The van der Waals surface area contributed by atoms with Crippen molar-refractivity contribution in [2.45, 2.75) is 32.4 Å². The number of thiazole rings is 1. The molecule has 0 fully saturated rings. The lowest BCUT2D eigenvalue weighted by Crippen LogP contribution is -2.38. The van der Waals surface area contributed by atoms with E-state index in [-0.39, 0.29) is 11.6 Å². The van der Waals surface area contributed by atoms with Crippen molar-refractivity contribution >= 4 is 23.1 Å². The van der Waals surface area contributed by atoms with E-state index in [0.29, 0.717) is 34.0 Å². The van der Waals surface area contributed by atoms with Gasteiger partial charge in [-0.1, -0.05) is 84.1 Å². The number of methoxy groups -OCH3 is 1. The predicted octanol–water partition coefficient (Wildman–Crippen LogP) is 6.31. The highest BCUT2D eigenvalue weighted by molar-refractivity contribution is 7.07. The lowest BCUT2D eigenvalue weighted by atomic mass is 9.83. The summed E-state index contributed by atoms with van der Waals surface area (Å²) >= 11 is 1.42. The minimum absolute atomic E-state index is 0.0534. The summed E-state index contributed by atoms with van der Waals surface area (Å²) in [6, 6.07) is 32.1. The van der Waals surface area contributed by atoms with E-state index >= 15 is 0 Å². The molecule has 0 spiro atoms. The average Bonchev–Trinajstić information content (AvgIpc) is 3.37. The van der Waals surface area contributed by atoms with E-state index < -0.39 is 0 Å². The Kier molecular flexibility index (Phi) is 7.62. The first-order chi connectivity index (χ1) is 21.6. The van der Waals surface area contributed by atoms with E-state index in [1.165, 1.54) is 22.5 Å². The topological polar surface area (TPSA) is 62.0 Å². The quantitative estimate of drug-likeness (QED) is 0.210. The molecule has 0 unspecified atom stereocenters. The number of ether oxygens (including phenoxy) is 3. The summed E-state index contributed by atoms with van der Waals surface area (Å²) in [5, 5.41) is 0. The Bertz CT molecular complexity index is 2040. The molecule has 2 heterocycles. The molecule has 1 atom stereocenters. The van der Waals surface area contributed by atoms with Crippen LogP contribution in [0.2, 0.25) is 0 Å². The van der Waals surface area contributed by atoms with Gasteiger partial charge in [0.1, 0.15) is 12.4 Å². The van der Waals surface area contributed by atoms with Gasteiger partial charge in [0, 0.05) is 5.56 Å². The molecule has 1 aliphatic carbocycles. The van der Waals surface area contributed by atoms with Crippen LogP contribution in [-0.2, 0) is 13.0 Å². The van der Waals surface area contributed by atoms with Gasteiger partial charge >= 0.3 is 0 Å². The van der Waals surface area contributed by atoms with Crippen molar-refractivity contribution in [3.8, 4) is 17.2 Å². The van der Waals surface area contributed by atoms with E-state index in [2.05, 4.69) is 36.4 Å². The van der Waals surface area contributed by atoms with Gasteiger partial charge in [0.05, 0.1) is 30.0 Å². The van der Waals surface area contributed by atoms with Gasteiger partial charge in [-0.05, 0) is 77.9 Å². The Morgan fingerprint density at radius 3 is 2.50 bits per heavy atom. The van der Waals surface area contributed by atoms with Gasteiger partial charge < -0.3 is 14.2 Å². The zero-order chi connectivity index (χ0) is 30.0. The third kappa shape index (κ3) is 5.24. The monoisotopic (exact) mass is 600 g/mol. The van der Waals surface area contributed by atoms with Crippen LogP contribution in [0.1, 0.15) is 47.2 Å². The Labute approximate surface area is 259 Å². The molecule has 0 saturated carbocycles. The molecular formula is C37H32N2O4S. The molecule has 6 nitrogen and oxygen atoms in total. The smallest absolute Gasteiger partial charge is 0.271 e. The largest absolute Gasteiger partial charge is 0.497 e. The zero-order valence-electron chi connectivity index (χ0n) is 24.7. The van der Waals surface area contributed by atoms with Crippen LogP contribution in [0.15, 0.2) is 112 Å². The maximum atomic E-state index is 14.2. The lowest BCUT2D eigenvalue weighted by Gasteiger charge is -2.30. The van der Waals surface area contributed by atoms with E-state index in [1.54, 1.807) is 7.11 Å². The van der Waals surface area contributed by atoms with Crippen molar-refractivity contribution in [2.24, 2.45) is 4.99 Å². The van der Waals surface area contributed by atoms with Crippen molar-refractivity contribution < 1.29 is 14.2 Å². The summed E-state index contributed by atoms with van der Waals surface area (Å²) in [6.45, 7) is 2.89. The molecule has 2 aliphatic rings. The van der Waals surface area contributed by atoms with Gasteiger partial charge in [-0.2, -0.15) is 0 Å². The molecule has 0 amide bonds. The second-order valence-electron chi connectivity index (χ2n) is 10.8. The standard InChI is InChI=1S/C37H32N2O4S/c1-3-42-32-21-25(13-20-31(32)43-23-24-9-5-4-6-10-24)22-33-36(40)39-35(27-14-17-28(41-2)18-15-27)30-19-16-26-11-7-8-12-29(26)34(30)38-37(39)44-33/h4-15,17-18,20-22,35H,3,16,19,23H2,1-2H3/b33-22+/t35-/m1/s1. The first kappa shape index (κ1) is 27.9. The van der Waals surface area contributed by atoms with Crippen LogP contribution < -0.4 is 29.1 Å². The Balaban J connectivity index is 1.32. The van der Waals surface area contributed by atoms with E-state index in [1.807, 2.05) is 78.2 Å². The maximum absolute atomic E-state index is 14.2. The molecule has 7 heteroatoms. The van der Waals surface area contributed by atoms with Gasteiger partial charge in [0.15, 0.2) is 16.3 Å². The Morgan fingerprint density at radius 2 is 1.70 bits per heavy atom. The second kappa shape index (κ2) is 12.0. The fourth-order valence-electron chi connectivity index (χ4n) is 6.00. The first-order valence-corrected chi connectivity index (χ1v) is 15.6. The number of aryl methyl sites for hydroxylation is 1. The summed E-state index contributed by atoms with van der Waals surface area (Å²) in [4.78, 5) is 20.0. The molecule has 0 bridgehead atoms. The fraction of sp³-hybridized carbons (Fsp3) is 0.189. The Morgan fingerprint density at radius 1 is 0.909 bits per heavy atom. The molecule has 0 saturated heterocycles. The van der Waals surface area contributed by atoms with Crippen molar-refractivity contribution in [2.75, 3.05) is 13.7 Å². The number of fused-ring (bicyclic) bond motifs is 3. The van der Waals surface area contributed by atoms with Gasteiger partial charge in [-0.3, -0.25) is 9.36 Å².